The van der Waals surface area contributed by atoms with Gasteiger partial charge in [0.2, 0.25) is 0 Å². The van der Waals surface area contributed by atoms with E-state index in [0.717, 1.165) is 0 Å². The van der Waals surface area contributed by atoms with Crippen LogP contribution >= 0.6 is 0 Å². The summed E-state index contributed by atoms with van der Waals surface area (Å²) in [6.45, 7) is 0. The predicted molar refractivity (Wildman–Crippen MR) is 192 cm³/mol. The Morgan fingerprint density at radius 1 is 0.326 bits per heavy atom. The summed E-state index contributed by atoms with van der Waals surface area (Å²) in [4.78, 5) is 0. The van der Waals surface area contributed by atoms with E-state index >= 15 is 0 Å². The Labute approximate surface area is 301 Å². The molecule has 2 heterocycles. The average molecular weight is 613 g/mol. The molecule has 0 atom stereocenters. The molecule has 214 valence electrons. The van der Waals surface area contributed by atoms with Crippen LogP contribution in [0.5, 0.6) is 0 Å². The largest absolute Gasteiger partial charge is 0.456 e. The molecule has 2 heteroatoms. The number of hydrogen-bond acceptors (Lipinski definition) is 2. The number of fused-ring (bicyclic) bond motifs is 8. The van der Waals surface area contributed by atoms with Gasteiger partial charge in [0.1, 0.15) is 22.3 Å². The highest BCUT2D eigenvalue weighted by atomic mass is 16.3. The predicted octanol–water partition coefficient (Wildman–Crippen LogP) is 12.8. The molecule has 10 rings (SSSR count). The lowest BCUT2D eigenvalue weighted by molar-refractivity contribution is 0.669. The quantitative estimate of drug-likeness (QED) is 0.186. The van der Waals surface area contributed by atoms with Crippen LogP contribution in [0.3, 0.4) is 0 Å². The first kappa shape index (κ1) is 10.8. The maximum Gasteiger partial charge on any atom is 0.143 e. The molecule has 0 unspecified atom stereocenters. The molecule has 0 radical (unpaired) electrons. The first-order chi connectivity index (χ1) is 33.6. The molecule has 0 aliphatic rings. The molecular weight excluding hydrogens is 560 g/mol. The van der Waals surface area contributed by atoms with Crippen molar-refractivity contribution in [3.63, 3.8) is 0 Å². The average Bonchev–Trinajstić information content (AvgIpc) is 3.96. The SMILES string of the molecule is [2H]c1c([2H])c([2H])c(-c2c3c([2H])c([2H])c([2H])c([2H])c3c(-c3c([2H])c([2H])c4c(oc5c([2H])c([2H])c([2H])c([2H])c54)c3[2H])c3c([2H])c(-c4c([2H])c([2H])c([2H])c5c4oc4c([2H])c([2H])c([2H])c([2H])c45)c([2H])c([2H])c23)c([2H])c1[2H]. The van der Waals surface area contributed by atoms with Gasteiger partial charge in [0.05, 0.1) is 35.6 Å². The van der Waals surface area contributed by atoms with Gasteiger partial charge in [-0.3, -0.25) is 0 Å². The van der Waals surface area contributed by atoms with Crippen LogP contribution in [0.2, 0.25) is 0 Å². The zero-order chi connectivity index (χ0) is 52.8. The van der Waals surface area contributed by atoms with Gasteiger partial charge < -0.3 is 8.83 Å². The molecule has 0 aliphatic carbocycles. The lowest BCUT2D eigenvalue weighted by atomic mass is 9.84. The van der Waals surface area contributed by atoms with E-state index in [9.17, 15) is 12.3 Å². The van der Waals surface area contributed by atoms with E-state index in [4.69, 9.17) is 32.1 Å². The van der Waals surface area contributed by atoms with Gasteiger partial charge in [0, 0.05) is 27.1 Å². The van der Waals surface area contributed by atoms with Crippen molar-refractivity contribution in [1.29, 1.82) is 0 Å². The van der Waals surface area contributed by atoms with Crippen LogP contribution in [-0.4, -0.2) is 0 Å². The second-order valence-corrected chi connectivity index (χ2v) is 10.0. The molecule has 2 aromatic heterocycles. The highest BCUT2D eigenvalue weighted by Crippen LogP contribution is 2.46. The second-order valence-electron chi connectivity index (χ2n) is 10.0. The lowest BCUT2D eigenvalue weighted by Crippen LogP contribution is -1.92. The Bertz CT molecular complexity index is 4260. The third-order valence-corrected chi connectivity index (χ3v) is 7.57. The summed E-state index contributed by atoms with van der Waals surface area (Å²) in [6, 6.07) is -23.2. The fourth-order valence-corrected chi connectivity index (χ4v) is 5.65. The third kappa shape index (κ3) is 3.65. The first-order valence-corrected chi connectivity index (χ1v) is 13.6. The highest BCUT2D eigenvalue weighted by molar-refractivity contribution is 6.23. The van der Waals surface area contributed by atoms with Crippen LogP contribution in [0.15, 0.2) is 166 Å². The topological polar surface area (TPSA) is 26.3 Å². The van der Waals surface area contributed by atoms with E-state index in [2.05, 4.69) is 0 Å². The van der Waals surface area contributed by atoms with E-state index in [0.29, 0.717) is 0 Å². The number of rotatable bonds is 3. The van der Waals surface area contributed by atoms with Crippen LogP contribution in [0.4, 0.5) is 0 Å². The van der Waals surface area contributed by atoms with E-state index in [1.54, 1.807) is 0 Å². The van der Waals surface area contributed by atoms with Gasteiger partial charge in [-0.05, 0) is 79.6 Å². The van der Waals surface area contributed by atoms with Crippen molar-refractivity contribution in [2.75, 3.05) is 0 Å². The first-order valence-electron chi connectivity index (χ1n) is 26.6. The van der Waals surface area contributed by atoms with Crippen molar-refractivity contribution in [3.8, 4) is 33.4 Å². The Kier molecular flexibility index (Phi) is 2.26. The Morgan fingerprint density at radius 3 is 1.65 bits per heavy atom. The Balaban J connectivity index is 1.56. The van der Waals surface area contributed by atoms with Crippen molar-refractivity contribution in [3.05, 3.63) is 157 Å². The fourth-order valence-electron chi connectivity index (χ4n) is 5.65. The molecule has 0 fully saturated rings. The van der Waals surface area contributed by atoms with Crippen LogP contribution in [0.1, 0.15) is 35.6 Å². The Morgan fingerprint density at radius 2 is 0.870 bits per heavy atom. The van der Waals surface area contributed by atoms with Crippen LogP contribution in [0, 0.1) is 0 Å². The minimum Gasteiger partial charge on any atom is -0.456 e. The van der Waals surface area contributed by atoms with E-state index in [1.807, 2.05) is 0 Å². The summed E-state index contributed by atoms with van der Waals surface area (Å²) in [7, 11) is 0. The maximum absolute atomic E-state index is 10.2. The van der Waals surface area contributed by atoms with Crippen LogP contribution in [-0.2, 0) is 0 Å². The summed E-state index contributed by atoms with van der Waals surface area (Å²) in [5, 5.41) is -4.74. The standard InChI is InChI=1S/C44H26O2/c1-2-11-27(12-3-1)42-34-15-4-5-16-35(34)43(29-22-23-33-31-13-6-8-19-39(31)45-41(33)26-29)38-25-28(21-24-36(38)42)30-17-10-18-37-32-14-7-9-20-40(32)46-44(30)37/h1-26H/i1D,2D,3D,4D,5D,6D,7D,8D,9D,10D,11D,12D,13D,14D,15D,16D,17D,18D,19D,20D,21D,22D,23D,24D,25D,26D. The zero-order valence-electron chi connectivity index (χ0n) is 48.8. The summed E-state index contributed by atoms with van der Waals surface area (Å²) < 4.78 is 245. The second kappa shape index (κ2) is 9.69. The Hall–Kier alpha value is -6.12. The van der Waals surface area contributed by atoms with Gasteiger partial charge in [-0.25, -0.2) is 0 Å². The van der Waals surface area contributed by atoms with E-state index < -0.39 is 256 Å². The van der Waals surface area contributed by atoms with Crippen molar-refractivity contribution >= 4 is 65.4 Å². The molecule has 0 aliphatic heterocycles. The summed E-state index contributed by atoms with van der Waals surface area (Å²) in [5.41, 5.74) is -6.99. The number of furan rings is 2. The number of hydrogen-bond donors (Lipinski definition) is 0. The third-order valence-electron chi connectivity index (χ3n) is 7.57. The minimum absolute atomic E-state index is 0.401. The van der Waals surface area contributed by atoms with Crippen molar-refractivity contribution in [2.45, 2.75) is 0 Å². The number of para-hydroxylation sites is 3. The molecule has 0 saturated carbocycles. The number of benzene rings is 8. The zero-order valence-corrected chi connectivity index (χ0v) is 22.8. The van der Waals surface area contributed by atoms with Crippen molar-refractivity contribution in [2.24, 2.45) is 0 Å². The molecule has 0 amide bonds. The van der Waals surface area contributed by atoms with E-state index in [1.165, 1.54) is 0 Å². The molecule has 2 nitrogen and oxygen atoms in total. The summed E-state index contributed by atoms with van der Waals surface area (Å²) in [6.07, 6.45) is 0. The van der Waals surface area contributed by atoms with Crippen LogP contribution in [0.25, 0.3) is 98.8 Å². The normalized spacial score (nSPS) is 19.8. The van der Waals surface area contributed by atoms with Crippen molar-refractivity contribution < 1.29 is 44.5 Å². The van der Waals surface area contributed by atoms with Gasteiger partial charge in [0.25, 0.3) is 0 Å². The smallest absolute Gasteiger partial charge is 0.143 e. The summed E-state index contributed by atoms with van der Waals surface area (Å²) >= 11 is 0. The monoisotopic (exact) mass is 612 g/mol. The van der Waals surface area contributed by atoms with Gasteiger partial charge in [-0.15, -0.1) is 0 Å². The molecule has 0 N–H and O–H groups in total. The molecule has 8 aromatic carbocycles. The van der Waals surface area contributed by atoms with Gasteiger partial charge in [-0.1, -0.05) is 127 Å². The van der Waals surface area contributed by atoms with Crippen LogP contribution < -0.4 is 0 Å². The molecule has 46 heavy (non-hydrogen) atoms. The van der Waals surface area contributed by atoms with Gasteiger partial charge in [0.15, 0.2) is 0 Å². The molecular formula is C44H26O2. The molecule has 0 bridgehead atoms. The molecule has 0 saturated heterocycles. The van der Waals surface area contributed by atoms with Crippen molar-refractivity contribution in [1.82, 2.24) is 0 Å². The maximum atomic E-state index is 10.2. The minimum atomic E-state index is -1.06. The van der Waals surface area contributed by atoms with Gasteiger partial charge in [-0.2, -0.15) is 0 Å². The molecule has 0 spiro atoms. The van der Waals surface area contributed by atoms with Gasteiger partial charge >= 0.3 is 0 Å². The molecule has 10 aromatic rings. The highest BCUT2D eigenvalue weighted by Gasteiger charge is 2.20. The fraction of sp³-hybridized carbons (Fsp3) is 0. The lowest BCUT2D eigenvalue weighted by Gasteiger charge is -2.18. The van der Waals surface area contributed by atoms with E-state index in [-0.39, 0.29) is 0 Å². The summed E-state index contributed by atoms with van der Waals surface area (Å²) in [5.74, 6) is 0.